The van der Waals surface area contributed by atoms with Gasteiger partial charge in [0.1, 0.15) is 11.8 Å². The molecule has 4 rings (SSSR count). The number of para-hydroxylation sites is 1. The molecule has 146 valence electrons. The van der Waals surface area contributed by atoms with Crippen molar-refractivity contribution in [2.24, 2.45) is 0 Å². The molecule has 0 bridgehead atoms. The summed E-state index contributed by atoms with van der Waals surface area (Å²) in [7, 11) is 1.56. The quantitative estimate of drug-likeness (QED) is 0.536. The summed E-state index contributed by atoms with van der Waals surface area (Å²) < 4.78 is 5.65. The number of ether oxygens (including phenoxy) is 1. The number of allylic oxidation sites excluding steroid dienone is 2. The summed E-state index contributed by atoms with van der Waals surface area (Å²) in [5, 5.41) is 5.49. The minimum Gasteiger partial charge on any atom is -0.375 e. The Kier molecular flexibility index (Phi) is 4.94. The highest BCUT2D eigenvalue weighted by Crippen LogP contribution is 2.36. The van der Waals surface area contributed by atoms with Crippen LogP contribution in [0.2, 0.25) is 0 Å². The number of carbonyl (C=O) groups excluding carboxylic acids is 2. The molecule has 1 atom stereocenters. The number of nitrogens with one attached hydrogen (secondary N) is 1. The van der Waals surface area contributed by atoms with Crippen LogP contribution < -0.4 is 5.32 Å². The number of fused-ring (bicyclic) bond motifs is 2. The van der Waals surface area contributed by atoms with Crippen molar-refractivity contribution >= 4 is 38.9 Å². The summed E-state index contributed by atoms with van der Waals surface area (Å²) in [5.41, 5.74) is 3.16. The highest BCUT2D eigenvalue weighted by molar-refractivity contribution is 6.24. The minimum atomic E-state index is -0.516. The summed E-state index contributed by atoms with van der Waals surface area (Å²) in [6.45, 7) is 3.78. The van der Waals surface area contributed by atoms with Crippen molar-refractivity contribution in [2.45, 2.75) is 20.0 Å². The van der Waals surface area contributed by atoms with Gasteiger partial charge in [-0.15, -0.1) is 0 Å². The van der Waals surface area contributed by atoms with E-state index in [1.807, 2.05) is 37.3 Å². The van der Waals surface area contributed by atoms with E-state index in [2.05, 4.69) is 10.3 Å². The lowest BCUT2D eigenvalue weighted by Crippen LogP contribution is -2.35. The van der Waals surface area contributed by atoms with Crippen LogP contribution in [-0.4, -0.2) is 41.4 Å². The van der Waals surface area contributed by atoms with Crippen LogP contribution in [0.1, 0.15) is 30.0 Å². The van der Waals surface area contributed by atoms with E-state index in [-0.39, 0.29) is 18.2 Å². The summed E-state index contributed by atoms with van der Waals surface area (Å²) in [4.78, 5) is 34.1. The molecular weight excluding hydrogens is 366 g/mol. The molecule has 3 aromatic rings. The molecule has 0 saturated heterocycles. The maximum absolute atomic E-state index is 12.8. The molecule has 1 aliphatic rings. The van der Waals surface area contributed by atoms with E-state index in [1.165, 1.54) is 6.08 Å². The largest absolute Gasteiger partial charge is 0.375 e. The van der Waals surface area contributed by atoms with Crippen LogP contribution in [0.4, 0.5) is 0 Å². The fourth-order valence-electron chi connectivity index (χ4n) is 3.60. The second kappa shape index (κ2) is 7.56. The van der Waals surface area contributed by atoms with Crippen molar-refractivity contribution in [1.29, 1.82) is 0 Å². The first-order valence-electron chi connectivity index (χ1n) is 9.42. The number of ketones is 1. The van der Waals surface area contributed by atoms with Crippen LogP contribution in [0.3, 0.4) is 0 Å². The zero-order chi connectivity index (χ0) is 20.5. The third-order valence-electron chi connectivity index (χ3n) is 5.28. The molecule has 2 heterocycles. The van der Waals surface area contributed by atoms with Gasteiger partial charge >= 0.3 is 0 Å². The Labute approximate surface area is 168 Å². The number of methoxy groups -OCH3 is 1. The smallest absolute Gasteiger partial charge is 0.246 e. The second-order valence-electron chi connectivity index (χ2n) is 6.93. The van der Waals surface area contributed by atoms with Gasteiger partial charge in [-0.1, -0.05) is 24.3 Å². The fraction of sp³-hybridized carbons (Fsp3) is 0.217. The average molecular weight is 387 g/mol. The molecule has 1 amide bonds. The second-order valence-corrected chi connectivity index (χ2v) is 6.93. The van der Waals surface area contributed by atoms with Crippen LogP contribution in [-0.2, 0) is 9.53 Å². The first-order valence-corrected chi connectivity index (χ1v) is 9.42. The minimum absolute atomic E-state index is 0.170. The van der Waals surface area contributed by atoms with Crippen LogP contribution in [0.25, 0.3) is 27.2 Å². The zero-order valence-corrected chi connectivity index (χ0v) is 16.5. The molecule has 6 heteroatoms. The van der Waals surface area contributed by atoms with E-state index in [1.54, 1.807) is 26.3 Å². The molecule has 0 saturated carbocycles. The van der Waals surface area contributed by atoms with Gasteiger partial charge in [-0.05, 0) is 37.4 Å². The highest BCUT2D eigenvalue weighted by Gasteiger charge is 2.29. The summed E-state index contributed by atoms with van der Waals surface area (Å²) in [6.07, 6.45) is 4.40. The van der Waals surface area contributed by atoms with E-state index in [9.17, 15) is 9.59 Å². The van der Waals surface area contributed by atoms with Crippen molar-refractivity contribution in [3.8, 4) is 0 Å². The Bertz CT molecular complexity index is 1210. The predicted octanol–water partition coefficient (Wildman–Crippen LogP) is 3.46. The number of amides is 1. The molecule has 0 radical (unpaired) electrons. The van der Waals surface area contributed by atoms with Crippen molar-refractivity contribution in [3.63, 3.8) is 0 Å². The van der Waals surface area contributed by atoms with Gasteiger partial charge in [0, 0.05) is 41.8 Å². The number of nitrogens with zero attached hydrogens (tertiary/aromatic N) is 2. The Morgan fingerprint density at radius 3 is 2.76 bits per heavy atom. The van der Waals surface area contributed by atoms with Crippen LogP contribution >= 0.6 is 0 Å². The summed E-state index contributed by atoms with van der Waals surface area (Å²) in [6, 6.07) is 9.72. The third-order valence-corrected chi connectivity index (χ3v) is 5.28. The SMILES string of the molecule is CC=C(C)C(=O)NC[C@H](OC)C1=CC(=O)c2nccc3c2c1nc1ccccc13. The van der Waals surface area contributed by atoms with Crippen molar-refractivity contribution in [3.05, 3.63) is 65.6 Å². The Balaban J connectivity index is 1.84. The fourth-order valence-corrected chi connectivity index (χ4v) is 3.60. The molecule has 1 aromatic carbocycles. The zero-order valence-electron chi connectivity index (χ0n) is 16.5. The average Bonchev–Trinajstić information content (AvgIpc) is 2.76. The molecule has 0 aliphatic heterocycles. The maximum Gasteiger partial charge on any atom is 0.246 e. The van der Waals surface area contributed by atoms with Gasteiger partial charge in [0.15, 0.2) is 0 Å². The maximum atomic E-state index is 12.8. The summed E-state index contributed by atoms with van der Waals surface area (Å²) in [5.74, 6) is -0.357. The molecule has 0 spiro atoms. The van der Waals surface area contributed by atoms with E-state index >= 15 is 0 Å². The first-order chi connectivity index (χ1) is 14.0. The van der Waals surface area contributed by atoms with Gasteiger partial charge in [0.2, 0.25) is 11.7 Å². The molecule has 29 heavy (non-hydrogen) atoms. The lowest BCUT2D eigenvalue weighted by atomic mass is 9.90. The van der Waals surface area contributed by atoms with Gasteiger partial charge in [-0.25, -0.2) is 4.98 Å². The molecule has 6 nitrogen and oxygen atoms in total. The van der Waals surface area contributed by atoms with Crippen LogP contribution in [0.15, 0.2) is 54.3 Å². The molecule has 0 unspecified atom stereocenters. The van der Waals surface area contributed by atoms with E-state index in [0.717, 1.165) is 21.7 Å². The predicted molar refractivity (Wildman–Crippen MR) is 113 cm³/mol. The van der Waals surface area contributed by atoms with Gasteiger partial charge in [-0.3, -0.25) is 14.6 Å². The van der Waals surface area contributed by atoms with Crippen LogP contribution in [0.5, 0.6) is 0 Å². The number of benzene rings is 1. The molecule has 1 N–H and O–H groups in total. The number of hydrogen-bond acceptors (Lipinski definition) is 5. The van der Waals surface area contributed by atoms with Gasteiger partial charge < -0.3 is 10.1 Å². The first kappa shape index (κ1) is 19.0. The Morgan fingerprint density at radius 2 is 2.00 bits per heavy atom. The Morgan fingerprint density at radius 1 is 1.21 bits per heavy atom. The molecular formula is C23H21N3O3. The van der Waals surface area contributed by atoms with E-state index < -0.39 is 6.10 Å². The number of hydrogen-bond donors (Lipinski definition) is 1. The topological polar surface area (TPSA) is 81.2 Å². The molecule has 1 aliphatic carbocycles. The van der Waals surface area contributed by atoms with Crippen molar-refractivity contribution in [2.75, 3.05) is 13.7 Å². The number of aromatic nitrogens is 2. The lowest BCUT2D eigenvalue weighted by Gasteiger charge is -2.24. The monoisotopic (exact) mass is 387 g/mol. The highest BCUT2D eigenvalue weighted by atomic mass is 16.5. The van der Waals surface area contributed by atoms with Gasteiger partial charge in [0.05, 0.1) is 11.2 Å². The van der Waals surface area contributed by atoms with Crippen molar-refractivity contribution < 1.29 is 14.3 Å². The number of rotatable bonds is 5. The van der Waals surface area contributed by atoms with E-state index in [4.69, 9.17) is 9.72 Å². The lowest BCUT2D eigenvalue weighted by molar-refractivity contribution is -0.117. The van der Waals surface area contributed by atoms with E-state index in [0.29, 0.717) is 22.5 Å². The Hall–Kier alpha value is -3.38. The number of pyridine rings is 2. The van der Waals surface area contributed by atoms with Crippen LogP contribution in [0, 0.1) is 0 Å². The number of carbonyl (C=O) groups is 2. The normalized spacial score (nSPS) is 14.8. The third kappa shape index (κ3) is 3.21. The molecule has 2 aromatic heterocycles. The standard InChI is InChI=1S/C23H21N3O3/c1-4-13(2)23(28)25-12-19(29-3)16-11-18(27)22-20-15(9-10-24-22)14-7-5-6-8-17(14)26-21(16)20/h4-11,19H,12H2,1-3H3,(H,25,28)/t19-/m0/s1. The molecule has 0 fully saturated rings. The van der Waals surface area contributed by atoms with Crippen molar-refractivity contribution in [1.82, 2.24) is 15.3 Å². The van der Waals surface area contributed by atoms with Gasteiger partial charge in [-0.2, -0.15) is 0 Å². The van der Waals surface area contributed by atoms with Gasteiger partial charge in [0.25, 0.3) is 0 Å². The summed E-state index contributed by atoms with van der Waals surface area (Å²) >= 11 is 0.